The van der Waals surface area contributed by atoms with Crippen LogP contribution in [0.3, 0.4) is 0 Å². The van der Waals surface area contributed by atoms with Gasteiger partial charge in [0.2, 0.25) is 0 Å². The number of hydrogen-bond acceptors (Lipinski definition) is 7. The summed E-state index contributed by atoms with van der Waals surface area (Å²) in [5.74, 6) is 1.96. The van der Waals surface area contributed by atoms with E-state index < -0.39 is 4.92 Å². The van der Waals surface area contributed by atoms with E-state index in [0.29, 0.717) is 31.4 Å². The number of rotatable bonds is 9. The van der Waals surface area contributed by atoms with Crippen molar-refractivity contribution in [2.75, 3.05) is 20.8 Å². The highest BCUT2D eigenvalue weighted by atomic mass is 16.6. The van der Waals surface area contributed by atoms with Gasteiger partial charge in [0.15, 0.2) is 17.3 Å². The molecule has 0 saturated heterocycles. The molecule has 2 aromatic carbocycles. The molecule has 29 heavy (non-hydrogen) atoms. The van der Waals surface area contributed by atoms with Crippen molar-refractivity contribution in [1.82, 2.24) is 19.7 Å². The summed E-state index contributed by atoms with van der Waals surface area (Å²) in [6, 6.07) is 12.1. The van der Waals surface area contributed by atoms with Gasteiger partial charge in [-0.2, -0.15) is 0 Å². The van der Waals surface area contributed by atoms with E-state index in [1.807, 2.05) is 32.2 Å². The summed E-state index contributed by atoms with van der Waals surface area (Å²) < 4.78 is 12.7. The summed E-state index contributed by atoms with van der Waals surface area (Å²) >= 11 is 0. The number of nitro groups is 1. The Bertz CT molecular complexity index is 971. The van der Waals surface area contributed by atoms with E-state index >= 15 is 0 Å². The minimum Gasteiger partial charge on any atom is -0.493 e. The van der Waals surface area contributed by atoms with Crippen LogP contribution in [0.25, 0.3) is 11.4 Å². The lowest BCUT2D eigenvalue weighted by Gasteiger charge is -2.17. The van der Waals surface area contributed by atoms with Crippen LogP contribution in [0.1, 0.15) is 12.5 Å². The largest absolute Gasteiger partial charge is 0.493 e. The van der Waals surface area contributed by atoms with Crippen molar-refractivity contribution in [3.63, 3.8) is 0 Å². The molecule has 0 saturated carbocycles. The number of aromatic nitrogens is 3. The fraction of sp³-hybridized carbons (Fsp3) is 0.300. The van der Waals surface area contributed by atoms with E-state index in [9.17, 15) is 10.1 Å². The van der Waals surface area contributed by atoms with E-state index in [0.717, 1.165) is 16.9 Å². The normalized spacial score (nSPS) is 10.9. The van der Waals surface area contributed by atoms with Gasteiger partial charge in [-0.1, -0.05) is 6.07 Å². The van der Waals surface area contributed by atoms with Crippen LogP contribution in [0.5, 0.6) is 11.5 Å². The Balaban J connectivity index is 1.64. The zero-order chi connectivity index (χ0) is 20.8. The molecule has 0 bridgehead atoms. The molecular formula is C20H23N5O4. The molecular weight excluding hydrogens is 374 g/mol. The van der Waals surface area contributed by atoms with Gasteiger partial charge in [0.25, 0.3) is 5.69 Å². The van der Waals surface area contributed by atoms with Crippen LogP contribution >= 0.6 is 0 Å². The third-order valence-electron chi connectivity index (χ3n) is 4.24. The minimum absolute atomic E-state index is 0.0405. The van der Waals surface area contributed by atoms with Crippen LogP contribution in [0.4, 0.5) is 5.69 Å². The van der Waals surface area contributed by atoms with Crippen molar-refractivity contribution in [2.24, 2.45) is 0 Å². The number of hydrogen-bond donors (Lipinski definition) is 0. The molecule has 152 valence electrons. The number of non-ortho nitro benzene ring substituents is 1. The van der Waals surface area contributed by atoms with Crippen LogP contribution in [-0.2, 0) is 13.2 Å². The van der Waals surface area contributed by atoms with Crippen molar-refractivity contribution in [3.05, 3.63) is 64.5 Å². The lowest BCUT2D eigenvalue weighted by Crippen LogP contribution is -2.22. The molecule has 3 rings (SSSR count). The molecule has 1 heterocycles. The van der Waals surface area contributed by atoms with Gasteiger partial charge in [-0.15, -0.1) is 5.10 Å². The van der Waals surface area contributed by atoms with Crippen LogP contribution in [-0.4, -0.2) is 45.4 Å². The maximum absolute atomic E-state index is 10.8. The summed E-state index contributed by atoms with van der Waals surface area (Å²) in [7, 11) is 3.61. The van der Waals surface area contributed by atoms with E-state index in [-0.39, 0.29) is 5.69 Å². The van der Waals surface area contributed by atoms with Gasteiger partial charge in [-0.3, -0.25) is 15.0 Å². The maximum Gasteiger partial charge on any atom is 0.269 e. The summed E-state index contributed by atoms with van der Waals surface area (Å²) in [6.07, 6.45) is 1.64. The Morgan fingerprint density at radius 3 is 2.59 bits per heavy atom. The van der Waals surface area contributed by atoms with Crippen molar-refractivity contribution >= 4 is 5.69 Å². The van der Waals surface area contributed by atoms with Crippen LogP contribution in [0.2, 0.25) is 0 Å². The lowest BCUT2D eigenvalue weighted by atomic mass is 10.2. The molecule has 3 aromatic rings. The molecule has 1 aromatic heterocycles. The molecule has 0 unspecified atom stereocenters. The molecule has 0 fully saturated rings. The second kappa shape index (κ2) is 9.16. The quantitative estimate of drug-likeness (QED) is 0.403. The topological polar surface area (TPSA) is 95.5 Å². The Hall–Kier alpha value is -3.46. The molecule has 0 amide bonds. The van der Waals surface area contributed by atoms with E-state index in [4.69, 9.17) is 9.47 Å². The van der Waals surface area contributed by atoms with E-state index in [1.54, 1.807) is 30.3 Å². The average molecular weight is 397 g/mol. The molecule has 0 radical (unpaired) electrons. The Morgan fingerprint density at radius 1 is 1.17 bits per heavy atom. The summed E-state index contributed by atoms with van der Waals surface area (Å²) in [5.41, 5.74) is 1.86. The van der Waals surface area contributed by atoms with Crippen molar-refractivity contribution in [3.8, 4) is 22.9 Å². The SMILES string of the molecule is CCOc1ccc(CN(C)Cn2cnc(-c3ccc([N+](=O)[O-])cc3)n2)cc1OC. The third-order valence-corrected chi connectivity index (χ3v) is 4.24. The first-order valence-electron chi connectivity index (χ1n) is 9.12. The maximum atomic E-state index is 10.8. The zero-order valence-electron chi connectivity index (χ0n) is 16.6. The molecule has 0 spiro atoms. The highest BCUT2D eigenvalue weighted by Crippen LogP contribution is 2.28. The van der Waals surface area contributed by atoms with E-state index in [2.05, 4.69) is 15.0 Å². The Kier molecular flexibility index (Phi) is 6.40. The zero-order valence-corrected chi connectivity index (χ0v) is 16.6. The minimum atomic E-state index is -0.430. The third kappa shape index (κ3) is 5.08. The highest BCUT2D eigenvalue weighted by Gasteiger charge is 2.11. The van der Waals surface area contributed by atoms with Gasteiger partial charge in [0.05, 0.1) is 25.3 Å². The van der Waals surface area contributed by atoms with Gasteiger partial charge < -0.3 is 9.47 Å². The first-order valence-corrected chi connectivity index (χ1v) is 9.12. The predicted octanol–water partition coefficient (Wildman–Crippen LogP) is 3.35. The summed E-state index contributed by atoms with van der Waals surface area (Å²) in [6.45, 7) is 3.74. The number of ether oxygens (including phenoxy) is 2. The second-order valence-electron chi connectivity index (χ2n) is 6.49. The van der Waals surface area contributed by atoms with Crippen molar-refractivity contribution in [2.45, 2.75) is 20.1 Å². The number of nitrogens with zero attached hydrogens (tertiary/aromatic N) is 5. The van der Waals surface area contributed by atoms with Crippen molar-refractivity contribution < 1.29 is 14.4 Å². The van der Waals surface area contributed by atoms with Crippen LogP contribution in [0.15, 0.2) is 48.8 Å². The first kappa shape index (κ1) is 20.3. The second-order valence-corrected chi connectivity index (χ2v) is 6.49. The van der Waals surface area contributed by atoms with Gasteiger partial charge >= 0.3 is 0 Å². The highest BCUT2D eigenvalue weighted by molar-refractivity contribution is 5.56. The van der Waals surface area contributed by atoms with Crippen molar-refractivity contribution in [1.29, 1.82) is 0 Å². The Labute approximate surface area is 168 Å². The average Bonchev–Trinajstić information content (AvgIpc) is 3.17. The predicted molar refractivity (Wildman–Crippen MR) is 108 cm³/mol. The molecule has 9 nitrogen and oxygen atoms in total. The first-order chi connectivity index (χ1) is 14.0. The van der Waals surface area contributed by atoms with Gasteiger partial charge in [-0.05, 0) is 43.8 Å². The summed E-state index contributed by atoms with van der Waals surface area (Å²) in [5, 5.41) is 15.2. The van der Waals surface area contributed by atoms with E-state index in [1.165, 1.54) is 12.1 Å². The molecule has 0 aliphatic carbocycles. The number of methoxy groups -OCH3 is 1. The molecule has 0 aliphatic heterocycles. The summed E-state index contributed by atoms with van der Waals surface area (Å²) in [4.78, 5) is 16.7. The molecule has 0 aliphatic rings. The Morgan fingerprint density at radius 2 is 1.93 bits per heavy atom. The molecule has 0 atom stereocenters. The molecule has 0 N–H and O–H groups in total. The number of nitro benzene ring substituents is 1. The fourth-order valence-electron chi connectivity index (χ4n) is 2.92. The fourth-order valence-corrected chi connectivity index (χ4v) is 2.92. The number of benzene rings is 2. The van der Waals surface area contributed by atoms with Crippen LogP contribution in [0, 0.1) is 10.1 Å². The smallest absolute Gasteiger partial charge is 0.269 e. The monoisotopic (exact) mass is 397 g/mol. The van der Waals surface area contributed by atoms with Gasteiger partial charge in [-0.25, -0.2) is 9.67 Å². The van der Waals surface area contributed by atoms with Crippen LogP contribution < -0.4 is 9.47 Å². The van der Waals surface area contributed by atoms with Gasteiger partial charge in [0.1, 0.15) is 6.33 Å². The molecule has 9 heteroatoms. The standard InChI is InChI=1S/C20H23N5O4/c1-4-29-18-10-5-15(11-19(18)28-3)12-23(2)14-24-13-21-20(22-24)16-6-8-17(9-7-16)25(26)27/h5-11,13H,4,12,14H2,1-3H3. The lowest BCUT2D eigenvalue weighted by molar-refractivity contribution is -0.384. The van der Waals surface area contributed by atoms with Gasteiger partial charge in [0, 0.05) is 24.2 Å².